The van der Waals surface area contributed by atoms with Gasteiger partial charge in [0, 0.05) is 62.3 Å². The molecular formula is C28H23N5O. The molecule has 0 radical (unpaired) electrons. The number of hydrogen-bond acceptors (Lipinski definition) is 1. The Labute approximate surface area is 195 Å². The monoisotopic (exact) mass is 445 g/mol. The molecule has 6 nitrogen and oxygen atoms in total. The first kappa shape index (κ1) is 19.9. The van der Waals surface area contributed by atoms with E-state index in [0.29, 0.717) is 0 Å². The first-order chi connectivity index (χ1) is 16.6. The number of carbonyl (C=O) groups is 1. The predicted molar refractivity (Wildman–Crippen MR) is 136 cm³/mol. The molecule has 0 fully saturated rings. The number of fused-ring (bicyclic) bond motifs is 8. The lowest BCUT2D eigenvalue weighted by molar-refractivity contribution is -0.114. The molecule has 1 aliphatic heterocycles. The highest BCUT2D eigenvalue weighted by Crippen LogP contribution is 2.18. The molecule has 1 aliphatic rings. The molecule has 8 bridgehead atoms. The van der Waals surface area contributed by atoms with Crippen molar-refractivity contribution < 1.29 is 4.79 Å². The molecule has 0 spiro atoms. The molecule has 1 amide bonds. The summed E-state index contributed by atoms with van der Waals surface area (Å²) in [4.78, 5) is 25.3. The Kier molecular flexibility index (Phi) is 4.70. The summed E-state index contributed by atoms with van der Waals surface area (Å²) in [6.07, 6.45) is 8.41. The number of amides is 1. The van der Waals surface area contributed by atoms with Crippen LogP contribution in [-0.4, -0.2) is 25.8 Å². The summed E-state index contributed by atoms with van der Waals surface area (Å²) < 4.78 is 0. The van der Waals surface area contributed by atoms with Gasteiger partial charge in [0.15, 0.2) is 0 Å². The minimum atomic E-state index is -0.0818. The highest BCUT2D eigenvalue weighted by molar-refractivity contribution is 5.89. The number of hydrogen-bond donors (Lipinski definition) is 5. The van der Waals surface area contributed by atoms with Gasteiger partial charge in [0.1, 0.15) is 0 Å². The largest absolute Gasteiger partial charge is 0.355 e. The highest BCUT2D eigenvalue weighted by Gasteiger charge is 2.06. The molecule has 34 heavy (non-hydrogen) atoms. The molecule has 1 aromatic carbocycles. The van der Waals surface area contributed by atoms with Crippen LogP contribution >= 0.6 is 0 Å². The van der Waals surface area contributed by atoms with E-state index in [9.17, 15) is 4.79 Å². The van der Waals surface area contributed by atoms with Crippen LogP contribution in [0, 0.1) is 0 Å². The lowest BCUT2D eigenvalue weighted by Crippen LogP contribution is -2.11. The van der Waals surface area contributed by atoms with E-state index in [1.54, 1.807) is 0 Å². The molecule has 0 atom stereocenters. The molecular weight excluding hydrogens is 422 g/mol. The summed E-state index contributed by atoms with van der Waals surface area (Å²) in [6, 6.07) is 22.5. The molecule has 6 rings (SSSR count). The first-order valence-electron chi connectivity index (χ1n) is 11.1. The van der Waals surface area contributed by atoms with Gasteiger partial charge in [-0.15, -0.1) is 0 Å². The van der Waals surface area contributed by atoms with Crippen molar-refractivity contribution in [2.24, 2.45) is 0 Å². The average molecular weight is 446 g/mol. The van der Waals surface area contributed by atoms with Gasteiger partial charge in [0.25, 0.3) is 0 Å². The summed E-state index contributed by atoms with van der Waals surface area (Å²) in [7, 11) is 0. The van der Waals surface area contributed by atoms with Crippen LogP contribution in [0.5, 0.6) is 0 Å². The van der Waals surface area contributed by atoms with Crippen molar-refractivity contribution in [1.82, 2.24) is 19.9 Å². The van der Waals surface area contributed by atoms with Gasteiger partial charge < -0.3 is 25.3 Å². The number of anilines is 1. The summed E-state index contributed by atoms with van der Waals surface area (Å²) in [6.45, 7) is 1.51. The fourth-order valence-corrected chi connectivity index (χ4v) is 4.31. The minimum Gasteiger partial charge on any atom is -0.355 e. The van der Waals surface area contributed by atoms with Crippen LogP contribution in [0.2, 0.25) is 0 Å². The first-order valence-corrected chi connectivity index (χ1v) is 11.1. The Balaban J connectivity index is 1.54. The van der Waals surface area contributed by atoms with E-state index >= 15 is 0 Å². The van der Waals surface area contributed by atoms with Gasteiger partial charge in [0.2, 0.25) is 5.91 Å². The Morgan fingerprint density at radius 1 is 0.618 bits per heavy atom. The summed E-state index contributed by atoms with van der Waals surface area (Å²) in [5.41, 5.74) is 6.99. The fourth-order valence-electron chi connectivity index (χ4n) is 4.31. The Morgan fingerprint density at radius 2 is 1.18 bits per heavy atom. The van der Waals surface area contributed by atoms with Gasteiger partial charge in [-0.05, 0) is 84.5 Å². The van der Waals surface area contributed by atoms with Gasteiger partial charge in [-0.1, -0.05) is 12.1 Å². The SMILES string of the molecule is CC(=O)Nc1ccc(-c2cc3[nH]c2=Cc2ccc([nH]2)C=c2ccc([nH]2)=Cc2ccc([nH]2)C=3)cc1. The van der Waals surface area contributed by atoms with E-state index in [2.05, 4.69) is 92.0 Å². The number of nitrogens with one attached hydrogen (secondary N) is 5. The van der Waals surface area contributed by atoms with Crippen LogP contribution in [0.3, 0.4) is 0 Å². The maximum Gasteiger partial charge on any atom is 0.221 e. The predicted octanol–water partition coefficient (Wildman–Crippen LogP) is 2.25. The van der Waals surface area contributed by atoms with Crippen molar-refractivity contribution in [3.63, 3.8) is 0 Å². The maximum absolute atomic E-state index is 11.4. The van der Waals surface area contributed by atoms with Crippen LogP contribution in [0.15, 0.2) is 66.7 Å². The third-order valence-electron chi connectivity index (χ3n) is 5.81. The molecule has 5 N–H and O–H groups in total. The third-order valence-corrected chi connectivity index (χ3v) is 5.81. The second-order valence-electron chi connectivity index (χ2n) is 8.49. The number of benzene rings is 1. The molecule has 166 valence electrons. The van der Waals surface area contributed by atoms with Crippen LogP contribution in [0.4, 0.5) is 5.69 Å². The van der Waals surface area contributed by atoms with Gasteiger partial charge >= 0.3 is 0 Å². The zero-order chi connectivity index (χ0) is 23.1. The number of rotatable bonds is 2. The molecule has 0 aliphatic carbocycles. The van der Waals surface area contributed by atoms with Crippen molar-refractivity contribution in [2.75, 3.05) is 5.32 Å². The van der Waals surface area contributed by atoms with E-state index in [0.717, 1.165) is 61.0 Å². The van der Waals surface area contributed by atoms with Crippen molar-refractivity contribution >= 4 is 35.9 Å². The van der Waals surface area contributed by atoms with E-state index in [1.165, 1.54) is 6.92 Å². The topological polar surface area (TPSA) is 92.3 Å². The summed E-state index contributed by atoms with van der Waals surface area (Å²) in [5.74, 6) is -0.0818. The number of H-pyrrole nitrogens is 4. The molecule has 0 saturated carbocycles. The zero-order valence-corrected chi connectivity index (χ0v) is 18.6. The molecule has 0 unspecified atom stereocenters. The highest BCUT2D eigenvalue weighted by atomic mass is 16.1. The second kappa shape index (κ2) is 8.01. The summed E-state index contributed by atoms with van der Waals surface area (Å²) >= 11 is 0. The molecule has 6 heteroatoms. The van der Waals surface area contributed by atoms with Crippen molar-refractivity contribution in [3.8, 4) is 11.1 Å². The van der Waals surface area contributed by atoms with E-state index in [-0.39, 0.29) is 5.91 Å². The van der Waals surface area contributed by atoms with Crippen LogP contribution in [-0.2, 0) is 4.79 Å². The molecule has 4 aromatic heterocycles. The second-order valence-corrected chi connectivity index (χ2v) is 8.49. The fraction of sp³-hybridized carbons (Fsp3) is 0.0357. The van der Waals surface area contributed by atoms with E-state index < -0.39 is 0 Å². The average Bonchev–Trinajstić information content (AvgIpc) is 3.59. The number of aromatic amines is 4. The molecule has 0 saturated heterocycles. The zero-order valence-electron chi connectivity index (χ0n) is 18.6. The number of carbonyl (C=O) groups excluding carboxylic acids is 1. The third kappa shape index (κ3) is 4.04. The Hall–Kier alpha value is -4.71. The Morgan fingerprint density at radius 3 is 1.76 bits per heavy atom. The maximum atomic E-state index is 11.4. The lowest BCUT2D eigenvalue weighted by Gasteiger charge is -2.03. The van der Waals surface area contributed by atoms with Gasteiger partial charge in [-0.25, -0.2) is 0 Å². The smallest absolute Gasteiger partial charge is 0.221 e. The minimum absolute atomic E-state index is 0.0818. The van der Waals surface area contributed by atoms with Crippen LogP contribution in [0.25, 0.3) is 35.4 Å². The Bertz CT molecular complexity index is 1760. The van der Waals surface area contributed by atoms with Crippen LogP contribution in [0.1, 0.15) is 29.7 Å². The van der Waals surface area contributed by atoms with E-state index in [4.69, 9.17) is 0 Å². The molecule has 5 heterocycles. The van der Waals surface area contributed by atoms with Gasteiger partial charge in [0.05, 0.1) is 0 Å². The standard InChI is InChI=1S/C28H23N5O/c1-17(34)29-19-4-2-18(3-5-19)27-15-26-14-24-9-8-22(31-24)12-20-6-7-21(30-20)13-23-10-11-25(32-23)16-28(27)33-26/h2-16,30-33H,1H3,(H,29,34). The normalized spacial score (nSPS) is 12.1. The summed E-state index contributed by atoms with van der Waals surface area (Å²) in [5, 5.41) is 6.89. The van der Waals surface area contributed by atoms with Crippen molar-refractivity contribution in [2.45, 2.75) is 6.92 Å². The van der Waals surface area contributed by atoms with Crippen molar-refractivity contribution in [1.29, 1.82) is 0 Å². The quantitative estimate of drug-likeness (QED) is 0.278. The van der Waals surface area contributed by atoms with Crippen molar-refractivity contribution in [3.05, 3.63) is 111 Å². The van der Waals surface area contributed by atoms with Gasteiger partial charge in [-0.2, -0.15) is 0 Å². The van der Waals surface area contributed by atoms with Gasteiger partial charge in [-0.3, -0.25) is 4.79 Å². The van der Waals surface area contributed by atoms with E-state index in [1.807, 2.05) is 24.3 Å². The van der Waals surface area contributed by atoms with Crippen LogP contribution < -0.4 is 26.7 Å². The lowest BCUT2D eigenvalue weighted by atomic mass is 10.1. The molecule has 5 aromatic rings. The number of aromatic nitrogens is 4.